The van der Waals surface area contributed by atoms with E-state index in [-0.39, 0.29) is 76.8 Å². The summed E-state index contributed by atoms with van der Waals surface area (Å²) in [7, 11) is -4.67. The number of hydrogen-bond acceptors (Lipinski definition) is 5. The summed E-state index contributed by atoms with van der Waals surface area (Å²) in [5, 5.41) is 11.5. The van der Waals surface area contributed by atoms with Gasteiger partial charge in [-0.1, -0.05) is 0 Å². The normalized spacial score (nSPS) is 22.5. The summed E-state index contributed by atoms with van der Waals surface area (Å²) in [6.07, 6.45) is 1.33. The number of halogens is 2. The van der Waals surface area contributed by atoms with Crippen molar-refractivity contribution in [3.63, 3.8) is 0 Å². The van der Waals surface area contributed by atoms with E-state index in [1.165, 1.54) is 0 Å². The summed E-state index contributed by atoms with van der Waals surface area (Å²) in [6, 6.07) is 0.881. The van der Waals surface area contributed by atoms with Gasteiger partial charge in [-0.05, 0) is 30.0 Å². The van der Waals surface area contributed by atoms with Gasteiger partial charge < -0.3 is 16.7 Å². The fourth-order valence-electron chi connectivity index (χ4n) is 3.07. The Kier molecular flexibility index (Phi) is 5.74. The molecule has 2 atom stereocenters. The molecule has 0 fully saturated rings. The fraction of sp³-hybridized carbons (Fsp3) is 0.308. The van der Waals surface area contributed by atoms with Gasteiger partial charge in [0.1, 0.15) is 17.3 Å². The van der Waals surface area contributed by atoms with E-state index in [4.69, 9.17) is 0 Å². The number of benzene rings is 1. The first-order chi connectivity index (χ1) is 10.7. The van der Waals surface area contributed by atoms with Crippen LogP contribution in [-0.2, 0) is 21.3 Å². The molecule has 7 nitrogen and oxygen atoms in total. The number of carbonyl (C=O) groups is 1. The molecule has 1 aliphatic heterocycles. The third-order valence-electron chi connectivity index (χ3n) is 3.95. The molecule has 1 heterocycles. The van der Waals surface area contributed by atoms with Gasteiger partial charge in [0.15, 0.2) is 0 Å². The molecule has 0 saturated heterocycles. The second kappa shape index (κ2) is 6.98. The van der Waals surface area contributed by atoms with Crippen molar-refractivity contribution in [2.24, 2.45) is 0 Å². The molecule has 0 bridgehead atoms. The molecular weight excluding hydrogens is 373 g/mol. The van der Waals surface area contributed by atoms with E-state index in [1.807, 2.05) is 0 Å². The van der Waals surface area contributed by atoms with E-state index in [1.54, 1.807) is 0 Å². The number of aliphatic carboxylic acids is 1. The van der Waals surface area contributed by atoms with Gasteiger partial charge in [-0.2, -0.15) is 8.42 Å². The van der Waals surface area contributed by atoms with E-state index in [2.05, 4.69) is 5.32 Å². The van der Waals surface area contributed by atoms with Crippen molar-refractivity contribution in [3.05, 3.63) is 46.8 Å². The standard InChI is InChI=1S/C13H12F2N2O5S.K.H/c14-6-3-8-7(9(15)4-6)1-2-10(8)17-11(12(18)19)5-16-13(17)23(20,21)22;;/h3-5,10,13,16H,1-2H2,(H,18,19)(H,20,21,22);;/q;+1;-1. The van der Waals surface area contributed by atoms with Gasteiger partial charge >= 0.3 is 67.5 Å². The van der Waals surface area contributed by atoms with Crippen molar-refractivity contribution < 1.29 is 84.5 Å². The monoisotopic (exact) mass is 386 g/mol. The van der Waals surface area contributed by atoms with Crippen molar-refractivity contribution >= 4 is 16.1 Å². The summed E-state index contributed by atoms with van der Waals surface area (Å²) in [4.78, 5) is 12.2. The molecule has 24 heavy (non-hydrogen) atoms. The second-order valence-corrected chi connectivity index (χ2v) is 6.76. The maximum Gasteiger partial charge on any atom is 1.00 e. The number of fused-ring (bicyclic) bond motifs is 1. The van der Waals surface area contributed by atoms with E-state index >= 15 is 0 Å². The zero-order valence-corrected chi connectivity index (χ0v) is 16.5. The minimum atomic E-state index is -4.67. The first-order valence-electron chi connectivity index (χ1n) is 6.62. The summed E-state index contributed by atoms with van der Waals surface area (Å²) < 4.78 is 59.6. The molecule has 0 spiro atoms. The molecule has 126 valence electrons. The Labute approximate surface area is 180 Å². The van der Waals surface area contributed by atoms with Gasteiger partial charge in [-0.25, -0.2) is 13.6 Å². The van der Waals surface area contributed by atoms with Gasteiger partial charge in [0.25, 0.3) is 0 Å². The molecule has 3 N–H and O–H groups in total. The number of carboxylic acid groups (broad SMARTS) is 1. The molecule has 0 amide bonds. The third kappa shape index (κ3) is 3.38. The minimum Gasteiger partial charge on any atom is -1.00 e. The summed E-state index contributed by atoms with van der Waals surface area (Å²) >= 11 is 0. The van der Waals surface area contributed by atoms with E-state index < -0.39 is 45.0 Å². The molecule has 0 aromatic heterocycles. The van der Waals surface area contributed by atoms with Crippen LogP contribution in [-0.4, -0.2) is 34.4 Å². The van der Waals surface area contributed by atoms with Gasteiger partial charge in [0.05, 0.1) is 6.04 Å². The molecule has 2 aliphatic rings. The molecule has 3 rings (SSSR count). The third-order valence-corrected chi connectivity index (χ3v) is 4.88. The molecule has 1 aromatic carbocycles. The predicted octanol–water partition coefficient (Wildman–Crippen LogP) is -1.93. The summed E-state index contributed by atoms with van der Waals surface area (Å²) in [5.74, 6) is -3.03. The van der Waals surface area contributed by atoms with Crippen molar-refractivity contribution in [2.45, 2.75) is 24.4 Å². The van der Waals surface area contributed by atoms with Crippen LogP contribution in [0, 0.1) is 11.6 Å². The quantitative estimate of drug-likeness (QED) is 0.410. The van der Waals surface area contributed by atoms with Crippen LogP contribution in [0.5, 0.6) is 0 Å². The van der Waals surface area contributed by atoms with E-state index in [9.17, 15) is 31.7 Å². The Balaban J connectivity index is 0.00000156. The molecule has 0 radical (unpaired) electrons. The zero-order valence-electron chi connectivity index (χ0n) is 13.5. The first kappa shape index (κ1) is 19.8. The smallest absolute Gasteiger partial charge is 1.00 e. The van der Waals surface area contributed by atoms with Crippen LogP contribution in [0.3, 0.4) is 0 Å². The molecular formula is C13H13F2KN2O5S. The van der Waals surface area contributed by atoms with E-state index in [0.29, 0.717) is 0 Å². The largest absolute Gasteiger partial charge is 1.00 e. The number of nitrogens with zero attached hydrogens (tertiary/aromatic N) is 1. The van der Waals surface area contributed by atoms with Crippen molar-refractivity contribution in [1.29, 1.82) is 0 Å². The first-order valence-corrected chi connectivity index (χ1v) is 8.12. The zero-order chi connectivity index (χ0) is 16.9. The summed E-state index contributed by atoms with van der Waals surface area (Å²) in [6.45, 7) is 0. The number of hydrogen-bond donors (Lipinski definition) is 3. The number of carboxylic acids is 1. The van der Waals surface area contributed by atoms with Crippen LogP contribution in [0.2, 0.25) is 0 Å². The molecule has 1 aromatic rings. The Morgan fingerprint density at radius 2 is 2.04 bits per heavy atom. The van der Waals surface area contributed by atoms with E-state index in [0.717, 1.165) is 23.2 Å². The van der Waals surface area contributed by atoms with Crippen LogP contribution in [0.4, 0.5) is 8.78 Å². The number of nitrogens with one attached hydrogen (secondary N) is 1. The predicted molar refractivity (Wildman–Crippen MR) is 74.6 cm³/mol. The molecule has 0 saturated carbocycles. The van der Waals surface area contributed by atoms with Crippen LogP contribution < -0.4 is 56.7 Å². The number of rotatable bonds is 3. The average molecular weight is 386 g/mol. The minimum absolute atomic E-state index is 0. The second-order valence-electron chi connectivity index (χ2n) is 5.29. The van der Waals surface area contributed by atoms with Crippen molar-refractivity contribution in [1.82, 2.24) is 10.2 Å². The maximum atomic E-state index is 13.8. The molecule has 1 aliphatic carbocycles. The molecule has 11 heteroatoms. The van der Waals surface area contributed by atoms with Gasteiger partial charge in [0.2, 0.25) is 5.50 Å². The van der Waals surface area contributed by atoms with Crippen LogP contribution in [0.25, 0.3) is 0 Å². The molecule has 2 unspecified atom stereocenters. The van der Waals surface area contributed by atoms with Crippen molar-refractivity contribution in [2.75, 3.05) is 0 Å². The fourth-order valence-corrected chi connectivity index (χ4v) is 3.86. The van der Waals surface area contributed by atoms with Crippen molar-refractivity contribution in [3.8, 4) is 0 Å². The van der Waals surface area contributed by atoms with Crippen LogP contribution >= 0.6 is 0 Å². The van der Waals surface area contributed by atoms with Gasteiger partial charge in [-0.15, -0.1) is 0 Å². The van der Waals surface area contributed by atoms with Crippen LogP contribution in [0.1, 0.15) is 25.0 Å². The summed E-state index contributed by atoms with van der Waals surface area (Å²) in [5.41, 5.74) is -1.75. The average Bonchev–Trinajstić information content (AvgIpc) is 3.00. The van der Waals surface area contributed by atoms with Crippen LogP contribution in [0.15, 0.2) is 24.0 Å². The Hall–Kier alpha value is -0.564. The van der Waals surface area contributed by atoms with Gasteiger partial charge in [0, 0.05) is 12.3 Å². The Morgan fingerprint density at radius 3 is 2.62 bits per heavy atom. The topological polar surface area (TPSA) is 107 Å². The van der Waals surface area contributed by atoms with Gasteiger partial charge in [-0.3, -0.25) is 4.55 Å². The maximum absolute atomic E-state index is 13.8. The Bertz CT molecular complexity index is 836. The Morgan fingerprint density at radius 1 is 1.38 bits per heavy atom. The SMILES string of the molecule is O=C(O)C1=CNC(S(=O)(=O)O)N1C1CCc2c(F)cc(F)cc21.[H-].[K+].